The number of allylic oxidation sites excluding steroid dienone is 1. The Kier molecular flexibility index (Phi) is 3.94. The van der Waals surface area contributed by atoms with E-state index in [1.54, 1.807) is 28.4 Å². The van der Waals surface area contributed by atoms with Gasteiger partial charge in [-0.3, -0.25) is 0 Å². The number of hydrogen-bond acceptors (Lipinski definition) is 5. The van der Waals surface area contributed by atoms with E-state index in [2.05, 4.69) is 6.07 Å². The Morgan fingerprint density at radius 2 is 1.57 bits per heavy atom. The number of rotatable bonds is 4. The van der Waals surface area contributed by atoms with E-state index in [0.29, 0.717) is 23.9 Å². The Balaban J connectivity index is 2.49. The molecule has 0 saturated carbocycles. The smallest absolute Gasteiger partial charge is 0.172 e. The van der Waals surface area contributed by atoms with Crippen LogP contribution in [0.15, 0.2) is 17.9 Å². The number of benzene rings is 2. The first-order valence-electron chi connectivity index (χ1n) is 7.28. The Bertz CT molecular complexity index is 792. The Morgan fingerprint density at radius 3 is 2.17 bits per heavy atom. The predicted octanol–water partition coefficient (Wildman–Crippen LogP) is 3.77. The molecule has 122 valence electrons. The third-order valence-electron chi connectivity index (χ3n) is 4.04. The van der Waals surface area contributed by atoms with Gasteiger partial charge in [0.05, 0.1) is 39.6 Å². The van der Waals surface area contributed by atoms with Crippen molar-refractivity contribution in [1.29, 1.82) is 0 Å². The van der Waals surface area contributed by atoms with E-state index >= 15 is 0 Å². The molecule has 5 nitrogen and oxygen atoms in total. The molecule has 23 heavy (non-hydrogen) atoms. The van der Waals surface area contributed by atoms with Gasteiger partial charge in [-0.05, 0) is 19.1 Å². The molecule has 0 N–H and O–H groups in total. The van der Waals surface area contributed by atoms with Crippen LogP contribution >= 0.6 is 0 Å². The van der Waals surface area contributed by atoms with Crippen LogP contribution in [0.3, 0.4) is 0 Å². The highest BCUT2D eigenvalue weighted by atomic mass is 16.5. The van der Waals surface area contributed by atoms with Crippen molar-refractivity contribution in [2.75, 3.05) is 28.4 Å². The van der Waals surface area contributed by atoms with E-state index in [1.165, 1.54) is 0 Å². The van der Waals surface area contributed by atoms with Crippen molar-refractivity contribution in [2.24, 2.45) is 0 Å². The van der Waals surface area contributed by atoms with Crippen molar-refractivity contribution in [2.45, 2.75) is 13.5 Å². The van der Waals surface area contributed by atoms with Gasteiger partial charge in [-0.2, -0.15) is 0 Å². The summed E-state index contributed by atoms with van der Waals surface area (Å²) in [6.45, 7) is 2.43. The molecule has 0 amide bonds. The van der Waals surface area contributed by atoms with E-state index in [9.17, 15) is 0 Å². The summed E-state index contributed by atoms with van der Waals surface area (Å²) >= 11 is 0. The van der Waals surface area contributed by atoms with Gasteiger partial charge in [0.25, 0.3) is 0 Å². The molecule has 2 aromatic rings. The second kappa shape index (κ2) is 5.91. The molecule has 0 aliphatic carbocycles. The minimum atomic E-state index is 0.501. The van der Waals surface area contributed by atoms with Crippen molar-refractivity contribution >= 4 is 16.8 Å². The lowest BCUT2D eigenvalue weighted by Gasteiger charge is -2.22. The first-order chi connectivity index (χ1) is 11.1. The number of ether oxygens (including phenoxy) is 5. The normalized spacial score (nSPS) is 13.0. The quantitative estimate of drug-likeness (QED) is 0.859. The lowest BCUT2D eigenvalue weighted by atomic mass is 9.96. The summed E-state index contributed by atoms with van der Waals surface area (Å²) < 4.78 is 27.9. The lowest BCUT2D eigenvalue weighted by molar-refractivity contribution is 0.198. The van der Waals surface area contributed by atoms with Gasteiger partial charge < -0.3 is 23.7 Å². The molecule has 5 heteroatoms. The molecule has 2 aromatic carbocycles. The second-order valence-electron chi connectivity index (χ2n) is 5.26. The van der Waals surface area contributed by atoms with Gasteiger partial charge in [0, 0.05) is 22.6 Å². The SMILES string of the molecule is COc1cc(OC)c2cc3c(c(OC)c2c1OC)C=C(C)OC3. The third-order valence-corrected chi connectivity index (χ3v) is 4.04. The van der Waals surface area contributed by atoms with Gasteiger partial charge in [0.15, 0.2) is 11.5 Å². The molecule has 0 spiro atoms. The number of hydrogen-bond donors (Lipinski definition) is 0. The highest BCUT2D eigenvalue weighted by Gasteiger charge is 2.24. The van der Waals surface area contributed by atoms with Gasteiger partial charge in [-0.25, -0.2) is 0 Å². The topological polar surface area (TPSA) is 46.2 Å². The summed E-state index contributed by atoms with van der Waals surface area (Å²) in [5, 5.41) is 1.73. The van der Waals surface area contributed by atoms with Crippen LogP contribution < -0.4 is 18.9 Å². The fourth-order valence-corrected chi connectivity index (χ4v) is 2.98. The van der Waals surface area contributed by atoms with Gasteiger partial charge in [0.2, 0.25) is 0 Å². The fraction of sp³-hybridized carbons (Fsp3) is 0.333. The minimum absolute atomic E-state index is 0.501. The maximum atomic E-state index is 5.72. The highest BCUT2D eigenvalue weighted by Crippen LogP contribution is 2.48. The zero-order valence-electron chi connectivity index (χ0n) is 14.0. The van der Waals surface area contributed by atoms with E-state index < -0.39 is 0 Å². The average Bonchev–Trinajstić information content (AvgIpc) is 2.58. The maximum Gasteiger partial charge on any atom is 0.172 e. The Labute approximate surface area is 135 Å². The zero-order chi connectivity index (χ0) is 16.6. The second-order valence-corrected chi connectivity index (χ2v) is 5.26. The third kappa shape index (κ3) is 2.32. The van der Waals surface area contributed by atoms with Crippen molar-refractivity contribution < 1.29 is 23.7 Å². The molecular weight excluding hydrogens is 296 g/mol. The van der Waals surface area contributed by atoms with Crippen LogP contribution in [0.25, 0.3) is 16.8 Å². The molecule has 1 heterocycles. The van der Waals surface area contributed by atoms with E-state index in [0.717, 1.165) is 33.4 Å². The lowest BCUT2D eigenvalue weighted by Crippen LogP contribution is -2.05. The largest absolute Gasteiger partial charge is 0.496 e. The molecule has 0 saturated heterocycles. The van der Waals surface area contributed by atoms with Crippen molar-refractivity contribution in [1.82, 2.24) is 0 Å². The molecule has 0 radical (unpaired) electrons. The van der Waals surface area contributed by atoms with E-state index in [4.69, 9.17) is 23.7 Å². The molecule has 1 aliphatic rings. The van der Waals surface area contributed by atoms with Gasteiger partial charge in [0.1, 0.15) is 18.1 Å². The molecule has 1 aliphatic heterocycles. The van der Waals surface area contributed by atoms with Crippen LogP contribution in [0.5, 0.6) is 23.0 Å². The fourth-order valence-electron chi connectivity index (χ4n) is 2.98. The van der Waals surface area contributed by atoms with Crippen LogP contribution in [-0.4, -0.2) is 28.4 Å². The molecule has 0 aromatic heterocycles. The highest BCUT2D eigenvalue weighted by molar-refractivity contribution is 6.03. The Morgan fingerprint density at radius 1 is 0.870 bits per heavy atom. The summed E-state index contributed by atoms with van der Waals surface area (Å²) in [5.74, 6) is 3.51. The van der Waals surface area contributed by atoms with Crippen LogP contribution in [0.2, 0.25) is 0 Å². The van der Waals surface area contributed by atoms with Crippen molar-refractivity contribution in [3.63, 3.8) is 0 Å². The van der Waals surface area contributed by atoms with Crippen LogP contribution in [-0.2, 0) is 11.3 Å². The standard InChI is InChI=1S/C18H20O5/c1-10-6-12-11(9-23-10)7-13-14(19-2)8-15(20-3)18(22-5)16(13)17(12)21-4/h6-8H,9H2,1-5H3. The molecule has 0 unspecified atom stereocenters. The first-order valence-corrected chi connectivity index (χ1v) is 7.28. The van der Waals surface area contributed by atoms with Gasteiger partial charge in [-0.1, -0.05) is 0 Å². The predicted molar refractivity (Wildman–Crippen MR) is 88.6 cm³/mol. The summed E-state index contributed by atoms with van der Waals surface area (Å²) in [6.07, 6.45) is 1.97. The molecule has 0 atom stereocenters. The summed E-state index contributed by atoms with van der Waals surface area (Å²) in [6, 6.07) is 3.87. The van der Waals surface area contributed by atoms with E-state index in [1.807, 2.05) is 19.1 Å². The van der Waals surface area contributed by atoms with E-state index in [-0.39, 0.29) is 0 Å². The summed E-state index contributed by atoms with van der Waals surface area (Å²) in [4.78, 5) is 0. The first kappa shape index (κ1) is 15.3. The minimum Gasteiger partial charge on any atom is -0.496 e. The Hall–Kier alpha value is -2.56. The molecule has 0 bridgehead atoms. The van der Waals surface area contributed by atoms with Crippen molar-refractivity contribution in [3.8, 4) is 23.0 Å². The number of methoxy groups -OCH3 is 4. The zero-order valence-corrected chi connectivity index (χ0v) is 14.0. The molecular formula is C18H20O5. The van der Waals surface area contributed by atoms with Gasteiger partial charge in [-0.15, -0.1) is 0 Å². The van der Waals surface area contributed by atoms with Crippen molar-refractivity contribution in [3.05, 3.63) is 29.0 Å². The van der Waals surface area contributed by atoms with Gasteiger partial charge >= 0.3 is 0 Å². The van der Waals surface area contributed by atoms with Crippen LogP contribution in [0.4, 0.5) is 0 Å². The van der Waals surface area contributed by atoms with Crippen LogP contribution in [0.1, 0.15) is 18.1 Å². The number of fused-ring (bicyclic) bond motifs is 2. The monoisotopic (exact) mass is 316 g/mol. The molecule has 0 fully saturated rings. The molecule has 3 rings (SSSR count). The summed E-state index contributed by atoms with van der Waals surface area (Å²) in [5.41, 5.74) is 2.04. The summed E-state index contributed by atoms with van der Waals surface area (Å²) in [7, 11) is 6.50. The van der Waals surface area contributed by atoms with Crippen LogP contribution in [0, 0.1) is 0 Å². The maximum absolute atomic E-state index is 5.72. The average molecular weight is 316 g/mol.